The van der Waals surface area contributed by atoms with E-state index in [4.69, 9.17) is 11.6 Å². The van der Waals surface area contributed by atoms with Crippen molar-refractivity contribution in [1.82, 2.24) is 0 Å². The van der Waals surface area contributed by atoms with Gasteiger partial charge in [0, 0.05) is 14.2 Å². The van der Waals surface area contributed by atoms with E-state index in [0.29, 0.717) is 3.57 Å². The predicted molar refractivity (Wildman–Crippen MR) is 54.8 cm³/mol. The summed E-state index contributed by atoms with van der Waals surface area (Å²) >= 11 is 7.55. The summed E-state index contributed by atoms with van der Waals surface area (Å²) < 4.78 is 13.7. The van der Waals surface area contributed by atoms with Gasteiger partial charge in [-0.05, 0) is 41.6 Å². The van der Waals surface area contributed by atoms with Gasteiger partial charge >= 0.3 is 0 Å². The highest BCUT2D eigenvalue weighted by molar-refractivity contribution is 14.1. The molecule has 0 radical (unpaired) electrons. The fourth-order valence-electron chi connectivity index (χ4n) is 0.926. The molecule has 66 valence electrons. The molecule has 0 aliphatic rings. The van der Waals surface area contributed by atoms with Crippen molar-refractivity contribution >= 4 is 34.2 Å². The van der Waals surface area contributed by atoms with Crippen LogP contribution >= 0.6 is 34.2 Å². The number of hydrogen-bond donors (Lipinski definition) is 1. The van der Waals surface area contributed by atoms with Crippen molar-refractivity contribution in [3.63, 3.8) is 0 Å². The first kappa shape index (κ1) is 10.2. The number of benzene rings is 1. The highest BCUT2D eigenvalue weighted by atomic mass is 127. The zero-order chi connectivity index (χ0) is 9.30. The van der Waals surface area contributed by atoms with E-state index in [2.05, 4.69) is 0 Å². The van der Waals surface area contributed by atoms with Crippen molar-refractivity contribution in [3.05, 3.63) is 32.1 Å². The molecule has 1 N–H and O–H groups in total. The van der Waals surface area contributed by atoms with Crippen LogP contribution in [0, 0.1) is 9.39 Å². The van der Waals surface area contributed by atoms with E-state index < -0.39 is 11.9 Å². The van der Waals surface area contributed by atoms with E-state index in [1.165, 1.54) is 6.92 Å². The van der Waals surface area contributed by atoms with Gasteiger partial charge in [0.2, 0.25) is 0 Å². The van der Waals surface area contributed by atoms with E-state index in [1.54, 1.807) is 12.1 Å². The first-order chi connectivity index (χ1) is 5.54. The lowest BCUT2D eigenvalue weighted by molar-refractivity contribution is 0.194. The molecule has 0 aliphatic heterocycles. The molecule has 0 bridgehead atoms. The van der Waals surface area contributed by atoms with E-state index in [1.807, 2.05) is 22.6 Å². The van der Waals surface area contributed by atoms with Gasteiger partial charge in [-0.3, -0.25) is 0 Å². The highest BCUT2D eigenvalue weighted by Crippen LogP contribution is 2.28. The molecular formula is C8H7ClFIO. The third kappa shape index (κ3) is 1.89. The molecule has 0 saturated heterocycles. The summed E-state index contributed by atoms with van der Waals surface area (Å²) in [6.07, 6.45) is -0.868. The summed E-state index contributed by atoms with van der Waals surface area (Å²) in [6, 6.07) is 3.15. The monoisotopic (exact) mass is 300 g/mol. The maximum atomic E-state index is 13.3. The molecule has 4 heteroatoms. The standard InChI is InChI=1S/C8H7ClFIO/c1-4(12)7-5(9)2-3-6(11)8(7)10/h2-4,12H,1H3. The minimum atomic E-state index is -0.868. The minimum Gasteiger partial charge on any atom is -0.389 e. The Labute approximate surface area is 88.7 Å². The Hall–Kier alpha value is 0.130. The Morgan fingerprint density at radius 1 is 1.58 bits per heavy atom. The molecular weight excluding hydrogens is 293 g/mol. The van der Waals surface area contributed by atoms with Crippen molar-refractivity contribution in [2.45, 2.75) is 13.0 Å². The minimum absolute atomic E-state index is 0.170. The van der Waals surface area contributed by atoms with E-state index in [-0.39, 0.29) is 10.6 Å². The quantitative estimate of drug-likeness (QED) is 0.624. The summed E-state index contributed by atoms with van der Waals surface area (Å²) in [7, 11) is 0. The normalized spacial score (nSPS) is 13.1. The van der Waals surface area contributed by atoms with Gasteiger partial charge < -0.3 is 5.11 Å². The van der Waals surface area contributed by atoms with E-state index in [0.717, 1.165) is 0 Å². The summed E-state index contributed by atoms with van der Waals surface area (Å²) in [5.41, 5.74) is 0.170. The molecule has 1 rings (SSSR count). The summed E-state index contributed by atoms with van der Waals surface area (Å²) in [5.74, 6) is -0.432. The third-order valence-electron chi connectivity index (χ3n) is 1.50. The smallest absolute Gasteiger partial charge is 0.143 e. The molecule has 0 amide bonds. The van der Waals surface area contributed by atoms with Crippen LogP contribution in [0.15, 0.2) is 12.1 Å². The Morgan fingerprint density at radius 2 is 2.17 bits per heavy atom. The largest absolute Gasteiger partial charge is 0.389 e. The average molecular weight is 300 g/mol. The lowest BCUT2D eigenvalue weighted by Crippen LogP contribution is -1.99. The second-order valence-corrected chi connectivity index (χ2v) is 4.00. The van der Waals surface area contributed by atoms with E-state index in [9.17, 15) is 9.50 Å². The molecule has 1 nitrogen and oxygen atoms in total. The van der Waals surface area contributed by atoms with Crippen LogP contribution in [-0.2, 0) is 0 Å². The summed E-state index contributed by atoms with van der Waals surface area (Å²) in [5, 5.41) is 9.45. The molecule has 1 aromatic rings. The van der Waals surface area contributed by atoms with Gasteiger partial charge in [0.25, 0.3) is 0 Å². The van der Waals surface area contributed by atoms with Gasteiger partial charge in [-0.15, -0.1) is 0 Å². The van der Waals surface area contributed by atoms with Crippen LogP contribution in [0.5, 0.6) is 0 Å². The van der Waals surface area contributed by atoms with Crippen molar-refractivity contribution in [2.24, 2.45) is 0 Å². The average Bonchev–Trinajstić information content (AvgIpc) is 1.97. The maximum Gasteiger partial charge on any atom is 0.143 e. The maximum absolute atomic E-state index is 13.3. The topological polar surface area (TPSA) is 20.2 Å². The lowest BCUT2D eigenvalue weighted by Gasteiger charge is -2.09. The molecule has 0 fully saturated rings. The SMILES string of the molecule is CC(O)c1c(Cl)ccc(I)c1F. The number of rotatable bonds is 1. The number of aliphatic hydroxyl groups excluding tert-OH is 1. The van der Waals surface area contributed by atoms with Gasteiger partial charge in [-0.1, -0.05) is 11.6 Å². The van der Waals surface area contributed by atoms with Gasteiger partial charge in [0.15, 0.2) is 0 Å². The molecule has 0 aromatic heterocycles. The molecule has 12 heavy (non-hydrogen) atoms. The molecule has 1 atom stereocenters. The highest BCUT2D eigenvalue weighted by Gasteiger charge is 2.14. The second kappa shape index (κ2) is 3.89. The zero-order valence-corrected chi connectivity index (χ0v) is 9.23. The van der Waals surface area contributed by atoms with Crippen LogP contribution < -0.4 is 0 Å². The number of halogens is 3. The van der Waals surface area contributed by atoms with Gasteiger partial charge in [-0.25, -0.2) is 4.39 Å². The molecule has 1 unspecified atom stereocenters. The Balaban J connectivity index is 3.33. The molecule has 0 aliphatic carbocycles. The van der Waals surface area contributed by atoms with Crippen LogP contribution in [0.4, 0.5) is 4.39 Å². The second-order valence-electron chi connectivity index (χ2n) is 2.43. The van der Waals surface area contributed by atoms with Gasteiger partial charge in [0.1, 0.15) is 5.82 Å². The van der Waals surface area contributed by atoms with Crippen LogP contribution in [-0.4, -0.2) is 5.11 Å². The summed E-state index contributed by atoms with van der Waals surface area (Å²) in [4.78, 5) is 0. The fraction of sp³-hybridized carbons (Fsp3) is 0.250. The number of aliphatic hydroxyl groups is 1. The lowest BCUT2D eigenvalue weighted by atomic mass is 10.1. The van der Waals surface area contributed by atoms with E-state index >= 15 is 0 Å². The fourth-order valence-corrected chi connectivity index (χ4v) is 1.70. The third-order valence-corrected chi connectivity index (χ3v) is 2.66. The zero-order valence-electron chi connectivity index (χ0n) is 6.31. The molecule has 0 heterocycles. The van der Waals surface area contributed by atoms with Crippen LogP contribution in [0.3, 0.4) is 0 Å². The van der Waals surface area contributed by atoms with Crippen LogP contribution in [0.1, 0.15) is 18.6 Å². The number of hydrogen-bond acceptors (Lipinski definition) is 1. The predicted octanol–water partition coefficient (Wildman–Crippen LogP) is 3.14. The van der Waals surface area contributed by atoms with Crippen molar-refractivity contribution in [2.75, 3.05) is 0 Å². The van der Waals surface area contributed by atoms with Gasteiger partial charge in [0.05, 0.1) is 6.10 Å². The van der Waals surface area contributed by atoms with Gasteiger partial charge in [-0.2, -0.15) is 0 Å². The Kier molecular flexibility index (Phi) is 3.31. The first-order valence-corrected chi connectivity index (χ1v) is 4.81. The summed E-state index contributed by atoms with van der Waals surface area (Å²) in [6.45, 7) is 1.49. The van der Waals surface area contributed by atoms with Crippen LogP contribution in [0.2, 0.25) is 5.02 Å². The van der Waals surface area contributed by atoms with Crippen molar-refractivity contribution < 1.29 is 9.50 Å². The Morgan fingerprint density at radius 3 is 2.58 bits per heavy atom. The molecule has 0 saturated carbocycles. The van der Waals surface area contributed by atoms with Crippen molar-refractivity contribution in [3.8, 4) is 0 Å². The Bertz CT molecular complexity index is 301. The van der Waals surface area contributed by atoms with Crippen LogP contribution in [0.25, 0.3) is 0 Å². The van der Waals surface area contributed by atoms with Crippen molar-refractivity contribution in [1.29, 1.82) is 0 Å². The molecule has 1 aromatic carbocycles. The molecule has 0 spiro atoms. The first-order valence-electron chi connectivity index (χ1n) is 3.35.